The van der Waals surface area contributed by atoms with Crippen LogP contribution >= 0.6 is 0 Å². The van der Waals surface area contributed by atoms with Crippen LogP contribution in [0.3, 0.4) is 0 Å². The number of ether oxygens (including phenoxy) is 1. The highest BCUT2D eigenvalue weighted by atomic mass is 16.5. The maximum Gasteiger partial charge on any atom is 0.287 e. The van der Waals surface area contributed by atoms with Crippen LogP contribution in [-0.4, -0.2) is 22.8 Å². The number of nitrogens with one attached hydrogen (secondary N) is 1. The maximum absolute atomic E-state index is 12.4. The van der Waals surface area contributed by atoms with Crippen LogP contribution in [0.2, 0.25) is 0 Å². The molecule has 2 heterocycles. The molecule has 3 aromatic rings. The molecule has 1 atom stereocenters. The Labute approximate surface area is 152 Å². The number of furan rings is 1. The molecule has 1 N–H and O–H groups in total. The Morgan fingerprint density at radius 1 is 1.27 bits per heavy atom. The average molecular weight is 353 g/mol. The van der Waals surface area contributed by atoms with Gasteiger partial charge in [0.1, 0.15) is 12.4 Å². The predicted molar refractivity (Wildman–Crippen MR) is 98.3 cm³/mol. The third-order valence-corrected chi connectivity index (χ3v) is 4.38. The maximum atomic E-state index is 12.4. The van der Waals surface area contributed by atoms with Gasteiger partial charge in [-0.25, -0.2) is 4.68 Å². The summed E-state index contributed by atoms with van der Waals surface area (Å²) in [4.78, 5) is 12.4. The van der Waals surface area contributed by atoms with Gasteiger partial charge in [-0.1, -0.05) is 18.2 Å². The fourth-order valence-corrected chi connectivity index (χ4v) is 2.96. The van der Waals surface area contributed by atoms with E-state index in [0.29, 0.717) is 12.4 Å². The zero-order valence-electron chi connectivity index (χ0n) is 15.4. The Bertz CT molecular complexity index is 911. The van der Waals surface area contributed by atoms with Gasteiger partial charge < -0.3 is 14.5 Å². The van der Waals surface area contributed by atoms with Gasteiger partial charge >= 0.3 is 0 Å². The number of rotatable bonds is 6. The Balaban J connectivity index is 1.77. The largest absolute Gasteiger partial charge is 0.453 e. The Hall–Kier alpha value is -2.86. The van der Waals surface area contributed by atoms with E-state index in [1.807, 2.05) is 36.7 Å². The molecule has 26 heavy (non-hydrogen) atoms. The molecule has 0 aliphatic heterocycles. The van der Waals surface area contributed by atoms with E-state index in [9.17, 15) is 4.79 Å². The molecule has 6 nitrogen and oxygen atoms in total. The molecule has 0 unspecified atom stereocenters. The molecule has 1 aromatic carbocycles. The lowest BCUT2D eigenvalue weighted by atomic mass is 10.1. The first-order valence-electron chi connectivity index (χ1n) is 8.50. The average Bonchev–Trinajstić information content (AvgIpc) is 3.23. The molecule has 0 aliphatic carbocycles. The van der Waals surface area contributed by atoms with Gasteiger partial charge in [-0.2, -0.15) is 5.10 Å². The lowest BCUT2D eigenvalue weighted by Crippen LogP contribution is -2.26. The van der Waals surface area contributed by atoms with Crippen molar-refractivity contribution in [3.05, 3.63) is 70.9 Å². The summed E-state index contributed by atoms with van der Waals surface area (Å²) >= 11 is 0. The minimum atomic E-state index is -0.261. The van der Waals surface area contributed by atoms with Gasteiger partial charge in [-0.15, -0.1) is 0 Å². The van der Waals surface area contributed by atoms with Crippen LogP contribution in [0.1, 0.15) is 46.1 Å². The third-order valence-electron chi connectivity index (χ3n) is 4.38. The van der Waals surface area contributed by atoms with Crippen molar-refractivity contribution < 1.29 is 13.9 Å². The van der Waals surface area contributed by atoms with Crippen LogP contribution in [-0.2, 0) is 11.3 Å². The number of para-hydroxylation sites is 1. The van der Waals surface area contributed by atoms with Crippen molar-refractivity contribution in [2.45, 2.75) is 33.4 Å². The number of methoxy groups -OCH3 is 1. The molecular weight excluding hydrogens is 330 g/mol. The molecule has 0 aliphatic rings. The van der Waals surface area contributed by atoms with E-state index < -0.39 is 0 Å². The van der Waals surface area contributed by atoms with Crippen molar-refractivity contribution in [1.82, 2.24) is 15.1 Å². The SMILES string of the molecule is COCc1ccc(C(=O)N[C@H](C)c2cnn(-c3ccccc3C)c2C)o1. The van der Waals surface area contributed by atoms with Crippen molar-refractivity contribution in [2.24, 2.45) is 0 Å². The molecule has 6 heteroatoms. The first-order chi connectivity index (χ1) is 12.5. The van der Waals surface area contributed by atoms with Crippen LogP contribution in [0, 0.1) is 13.8 Å². The minimum absolute atomic E-state index is 0.198. The number of hydrogen-bond acceptors (Lipinski definition) is 4. The lowest BCUT2D eigenvalue weighted by Gasteiger charge is -2.14. The fraction of sp³-hybridized carbons (Fsp3) is 0.300. The van der Waals surface area contributed by atoms with E-state index in [-0.39, 0.29) is 17.7 Å². The van der Waals surface area contributed by atoms with E-state index in [1.54, 1.807) is 25.4 Å². The zero-order valence-corrected chi connectivity index (χ0v) is 15.4. The number of benzene rings is 1. The number of hydrogen-bond donors (Lipinski definition) is 1. The number of amides is 1. The quantitative estimate of drug-likeness (QED) is 0.733. The van der Waals surface area contributed by atoms with Crippen molar-refractivity contribution in [1.29, 1.82) is 0 Å². The zero-order chi connectivity index (χ0) is 18.7. The van der Waals surface area contributed by atoms with Crippen molar-refractivity contribution in [3.63, 3.8) is 0 Å². The highest BCUT2D eigenvalue weighted by molar-refractivity contribution is 5.91. The first-order valence-corrected chi connectivity index (χ1v) is 8.50. The molecule has 0 spiro atoms. The second kappa shape index (κ2) is 7.58. The summed E-state index contributed by atoms with van der Waals surface area (Å²) in [5.74, 6) is 0.629. The summed E-state index contributed by atoms with van der Waals surface area (Å²) in [7, 11) is 1.58. The van der Waals surface area contributed by atoms with Crippen LogP contribution in [0.25, 0.3) is 5.69 Å². The fourth-order valence-electron chi connectivity index (χ4n) is 2.96. The summed E-state index contributed by atoms with van der Waals surface area (Å²) in [5, 5.41) is 7.46. The van der Waals surface area contributed by atoms with E-state index in [2.05, 4.69) is 23.4 Å². The Morgan fingerprint density at radius 2 is 2.04 bits per heavy atom. The van der Waals surface area contributed by atoms with Crippen molar-refractivity contribution in [3.8, 4) is 5.69 Å². The Morgan fingerprint density at radius 3 is 2.77 bits per heavy atom. The smallest absolute Gasteiger partial charge is 0.287 e. The monoisotopic (exact) mass is 353 g/mol. The van der Waals surface area contributed by atoms with Crippen LogP contribution in [0.5, 0.6) is 0 Å². The molecule has 3 rings (SSSR count). The van der Waals surface area contributed by atoms with E-state index in [1.165, 1.54) is 0 Å². The molecule has 0 bridgehead atoms. The molecular formula is C20H23N3O3. The normalized spacial score (nSPS) is 12.2. The number of carbonyl (C=O) groups excluding carboxylic acids is 1. The first kappa shape index (κ1) is 17.9. The lowest BCUT2D eigenvalue weighted by molar-refractivity contribution is 0.0903. The van der Waals surface area contributed by atoms with Gasteiger partial charge in [0.15, 0.2) is 5.76 Å². The van der Waals surface area contributed by atoms with E-state index in [4.69, 9.17) is 9.15 Å². The number of aromatic nitrogens is 2. The summed E-state index contributed by atoms with van der Waals surface area (Å²) in [6.07, 6.45) is 1.80. The minimum Gasteiger partial charge on any atom is -0.453 e. The standard InChI is InChI=1S/C20H23N3O3/c1-13-7-5-6-8-18(13)23-15(3)17(11-21-23)14(2)22-20(24)19-10-9-16(26-19)12-25-4/h5-11,14H,12H2,1-4H3,(H,22,24)/t14-/m1/s1. The number of nitrogens with zero attached hydrogens (tertiary/aromatic N) is 2. The van der Waals surface area contributed by atoms with Gasteiger partial charge in [0.05, 0.1) is 17.9 Å². The third kappa shape index (κ3) is 3.55. The Kier molecular flexibility index (Phi) is 5.23. The molecule has 0 saturated heterocycles. The molecule has 0 fully saturated rings. The second-order valence-electron chi connectivity index (χ2n) is 6.28. The molecule has 2 aromatic heterocycles. The number of carbonyl (C=O) groups is 1. The van der Waals surface area contributed by atoms with Gasteiger partial charge in [0, 0.05) is 18.4 Å². The highest BCUT2D eigenvalue weighted by Crippen LogP contribution is 2.22. The summed E-state index contributed by atoms with van der Waals surface area (Å²) < 4.78 is 12.4. The van der Waals surface area contributed by atoms with Crippen LogP contribution in [0.15, 0.2) is 47.0 Å². The second-order valence-corrected chi connectivity index (χ2v) is 6.28. The summed E-state index contributed by atoms with van der Waals surface area (Å²) in [5.41, 5.74) is 4.13. The summed E-state index contributed by atoms with van der Waals surface area (Å²) in [6, 6.07) is 11.3. The van der Waals surface area contributed by atoms with E-state index in [0.717, 1.165) is 22.5 Å². The topological polar surface area (TPSA) is 69.3 Å². The summed E-state index contributed by atoms with van der Waals surface area (Å²) in [6.45, 7) is 6.32. The van der Waals surface area contributed by atoms with Gasteiger partial charge in [0.2, 0.25) is 0 Å². The molecule has 0 saturated carbocycles. The molecule has 136 valence electrons. The van der Waals surface area contributed by atoms with Crippen molar-refractivity contribution in [2.75, 3.05) is 7.11 Å². The van der Waals surface area contributed by atoms with Gasteiger partial charge in [0.25, 0.3) is 5.91 Å². The molecule has 1 amide bonds. The van der Waals surface area contributed by atoms with Gasteiger partial charge in [-0.05, 0) is 44.5 Å². The van der Waals surface area contributed by atoms with Crippen LogP contribution in [0.4, 0.5) is 0 Å². The predicted octanol–water partition coefficient (Wildman–Crippen LogP) is 3.72. The van der Waals surface area contributed by atoms with E-state index >= 15 is 0 Å². The molecule has 0 radical (unpaired) electrons. The number of aryl methyl sites for hydroxylation is 1. The highest BCUT2D eigenvalue weighted by Gasteiger charge is 2.19. The van der Waals surface area contributed by atoms with Gasteiger partial charge in [-0.3, -0.25) is 4.79 Å². The van der Waals surface area contributed by atoms with Crippen molar-refractivity contribution >= 4 is 5.91 Å². The van der Waals surface area contributed by atoms with Crippen LogP contribution < -0.4 is 5.32 Å².